The summed E-state index contributed by atoms with van der Waals surface area (Å²) in [7, 11) is 0. The first kappa shape index (κ1) is 23.9. The van der Waals surface area contributed by atoms with Crippen LogP contribution in [-0.4, -0.2) is 44.7 Å². The SMILES string of the molecule is CC(N)=C(Cl)C(=NC1CCN(c2cnn(-c3ccc(F)cc3)c2C(C)C)C1=O)C(C)(C)O. The van der Waals surface area contributed by atoms with Crippen molar-refractivity contribution in [2.75, 3.05) is 11.4 Å². The van der Waals surface area contributed by atoms with Gasteiger partial charge in [-0.25, -0.2) is 9.07 Å². The number of aliphatic imine (C=N–C) groups is 1. The fraction of sp³-hybridized carbons (Fsp3) is 0.435. The summed E-state index contributed by atoms with van der Waals surface area (Å²) in [6.07, 6.45) is 2.11. The third-order valence-electron chi connectivity index (χ3n) is 5.29. The van der Waals surface area contributed by atoms with Crippen molar-refractivity contribution in [3.63, 3.8) is 0 Å². The number of aromatic nitrogens is 2. The van der Waals surface area contributed by atoms with Crippen LogP contribution < -0.4 is 10.6 Å². The van der Waals surface area contributed by atoms with Crippen molar-refractivity contribution in [3.05, 3.63) is 52.7 Å². The number of carbonyl (C=O) groups is 1. The second-order valence-electron chi connectivity index (χ2n) is 8.79. The molecule has 7 nitrogen and oxygen atoms in total. The summed E-state index contributed by atoms with van der Waals surface area (Å²) < 4.78 is 15.1. The molecule has 2 heterocycles. The summed E-state index contributed by atoms with van der Waals surface area (Å²) in [4.78, 5) is 19.5. The van der Waals surface area contributed by atoms with Crippen LogP contribution in [0.25, 0.3) is 5.69 Å². The number of carbonyl (C=O) groups excluding carboxylic acids is 1. The highest BCUT2D eigenvalue weighted by molar-refractivity contribution is 6.45. The first-order chi connectivity index (χ1) is 14.9. The van der Waals surface area contributed by atoms with Crippen LogP contribution in [0.2, 0.25) is 0 Å². The number of allylic oxidation sites excluding steroid dienone is 1. The number of aliphatic hydroxyl groups is 1. The zero-order chi connectivity index (χ0) is 23.8. The van der Waals surface area contributed by atoms with Gasteiger partial charge in [0.2, 0.25) is 0 Å². The summed E-state index contributed by atoms with van der Waals surface area (Å²) in [5, 5.41) is 15.1. The molecule has 0 radical (unpaired) electrons. The minimum absolute atomic E-state index is 0.0529. The first-order valence-electron chi connectivity index (χ1n) is 10.5. The number of halogens is 2. The molecule has 0 aliphatic carbocycles. The van der Waals surface area contributed by atoms with E-state index in [1.54, 1.807) is 48.7 Å². The molecule has 9 heteroatoms. The molecule has 1 aliphatic heterocycles. The Bertz CT molecular complexity index is 1060. The zero-order valence-electron chi connectivity index (χ0n) is 18.9. The van der Waals surface area contributed by atoms with E-state index in [4.69, 9.17) is 17.3 Å². The quantitative estimate of drug-likeness (QED) is 0.638. The number of rotatable bonds is 6. The fourth-order valence-electron chi connectivity index (χ4n) is 3.74. The molecule has 3 rings (SSSR count). The second-order valence-corrected chi connectivity index (χ2v) is 9.16. The Hall–Kier alpha value is -2.71. The highest BCUT2D eigenvalue weighted by Gasteiger charge is 2.37. The number of anilines is 1. The van der Waals surface area contributed by atoms with Gasteiger partial charge in [0.05, 0.1) is 34.0 Å². The van der Waals surface area contributed by atoms with Gasteiger partial charge in [-0.3, -0.25) is 9.79 Å². The van der Waals surface area contributed by atoms with E-state index in [1.165, 1.54) is 12.1 Å². The number of hydrogen-bond acceptors (Lipinski definition) is 5. The topological polar surface area (TPSA) is 96.7 Å². The van der Waals surface area contributed by atoms with Crippen LogP contribution in [0.5, 0.6) is 0 Å². The largest absolute Gasteiger partial charge is 0.401 e. The fourth-order valence-corrected chi connectivity index (χ4v) is 4.02. The molecular formula is C23H29ClFN5O2. The lowest BCUT2D eigenvalue weighted by Crippen LogP contribution is -2.36. The van der Waals surface area contributed by atoms with Crippen LogP contribution in [0.1, 0.15) is 52.7 Å². The Morgan fingerprint density at radius 3 is 2.50 bits per heavy atom. The van der Waals surface area contributed by atoms with E-state index in [-0.39, 0.29) is 28.4 Å². The summed E-state index contributed by atoms with van der Waals surface area (Å²) in [5.41, 5.74) is 7.19. The van der Waals surface area contributed by atoms with Gasteiger partial charge in [-0.05, 0) is 57.4 Å². The second kappa shape index (κ2) is 9.03. The van der Waals surface area contributed by atoms with Crippen molar-refractivity contribution in [3.8, 4) is 5.69 Å². The van der Waals surface area contributed by atoms with Crippen molar-refractivity contribution in [1.29, 1.82) is 0 Å². The number of amides is 1. The van der Waals surface area contributed by atoms with Gasteiger partial charge < -0.3 is 15.7 Å². The van der Waals surface area contributed by atoms with E-state index < -0.39 is 11.6 Å². The van der Waals surface area contributed by atoms with Gasteiger partial charge in [0.15, 0.2) is 0 Å². The van der Waals surface area contributed by atoms with Gasteiger partial charge in [0, 0.05) is 12.2 Å². The van der Waals surface area contributed by atoms with E-state index in [9.17, 15) is 14.3 Å². The average molecular weight is 462 g/mol. The lowest BCUT2D eigenvalue weighted by molar-refractivity contribution is -0.118. The first-order valence-corrected chi connectivity index (χ1v) is 10.9. The van der Waals surface area contributed by atoms with E-state index in [2.05, 4.69) is 10.1 Å². The number of nitrogens with zero attached hydrogens (tertiary/aromatic N) is 4. The molecule has 1 aliphatic rings. The standard InChI is InChI=1S/C23H29ClFN5O2/c1-13(2)20-18(12-27-30(20)16-8-6-15(25)7-9-16)29-11-10-17(22(29)31)28-21(23(4,5)32)19(24)14(3)26/h6-9,12-13,17,32H,10-11,26H2,1-5H3. The van der Waals surface area contributed by atoms with E-state index in [0.717, 1.165) is 5.69 Å². The van der Waals surface area contributed by atoms with Crippen molar-refractivity contribution in [1.82, 2.24) is 9.78 Å². The molecule has 1 saturated heterocycles. The monoisotopic (exact) mass is 461 g/mol. The van der Waals surface area contributed by atoms with Crippen LogP contribution in [-0.2, 0) is 4.79 Å². The highest BCUT2D eigenvalue weighted by atomic mass is 35.5. The molecule has 172 valence electrons. The van der Waals surface area contributed by atoms with Gasteiger partial charge in [-0.1, -0.05) is 25.4 Å². The molecule has 0 saturated carbocycles. The Balaban J connectivity index is 1.99. The molecule has 1 amide bonds. The lowest BCUT2D eigenvalue weighted by Gasteiger charge is -2.22. The molecule has 0 spiro atoms. The predicted octanol–water partition coefficient (Wildman–Crippen LogP) is 3.88. The minimum Gasteiger partial charge on any atom is -0.401 e. The van der Waals surface area contributed by atoms with Crippen molar-refractivity contribution in [2.24, 2.45) is 10.7 Å². The molecule has 2 aromatic rings. The predicted molar refractivity (Wildman–Crippen MR) is 125 cm³/mol. The van der Waals surface area contributed by atoms with E-state index >= 15 is 0 Å². The van der Waals surface area contributed by atoms with Crippen LogP contribution in [0.3, 0.4) is 0 Å². The summed E-state index contributed by atoms with van der Waals surface area (Å²) in [6, 6.07) is 5.35. The zero-order valence-corrected chi connectivity index (χ0v) is 19.7. The third-order valence-corrected chi connectivity index (χ3v) is 5.77. The molecule has 3 N–H and O–H groups in total. The van der Waals surface area contributed by atoms with Crippen molar-refractivity contribution >= 4 is 28.9 Å². The normalized spacial score (nSPS) is 18.5. The molecule has 32 heavy (non-hydrogen) atoms. The number of nitrogens with two attached hydrogens (primary N) is 1. The van der Waals surface area contributed by atoms with Gasteiger partial charge in [-0.2, -0.15) is 5.10 Å². The maximum absolute atomic E-state index is 13.4. The molecule has 0 bridgehead atoms. The summed E-state index contributed by atoms with van der Waals surface area (Å²) >= 11 is 6.29. The number of benzene rings is 1. The number of hydrogen-bond donors (Lipinski definition) is 2. The Morgan fingerprint density at radius 2 is 1.97 bits per heavy atom. The summed E-state index contributed by atoms with van der Waals surface area (Å²) in [5.74, 6) is -0.478. The van der Waals surface area contributed by atoms with Crippen molar-refractivity contribution in [2.45, 2.75) is 58.6 Å². The van der Waals surface area contributed by atoms with Crippen LogP contribution >= 0.6 is 11.6 Å². The van der Waals surface area contributed by atoms with Gasteiger partial charge in [-0.15, -0.1) is 0 Å². The van der Waals surface area contributed by atoms with Crippen molar-refractivity contribution < 1.29 is 14.3 Å². The highest BCUT2D eigenvalue weighted by Crippen LogP contribution is 2.33. The van der Waals surface area contributed by atoms with Gasteiger partial charge in [0.25, 0.3) is 5.91 Å². The average Bonchev–Trinajstić information content (AvgIpc) is 3.29. The Morgan fingerprint density at radius 1 is 1.34 bits per heavy atom. The molecule has 1 aromatic heterocycles. The molecule has 1 fully saturated rings. The maximum Gasteiger partial charge on any atom is 0.251 e. The van der Waals surface area contributed by atoms with Crippen LogP contribution in [0.15, 0.2) is 46.2 Å². The molecule has 1 atom stereocenters. The smallest absolute Gasteiger partial charge is 0.251 e. The van der Waals surface area contributed by atoms with Gasteiger partial charge >= 0.3 is 0 Å². The molecule has 1 unspecified atom stereocenters. The lowest BCUT2D eigenvalue weighted by atomic mass is 10.0. The molecule has 1 aromatic carbocycles. The van der Waals surface area contributed by atoms with Crippen LogP contribution in [0, 0.1) is 5.82 Å². The maximum atomic E-state index is 13.4. The minimum atomic E-state index is -1.36. The van der Waals surface area contributed by atoms with Gasteiger partial charge in [0.1, 0.15) is 17.5 Å². The Labute approximate surface area is 192 Å². The summed E-state index contributed by atoms with van der Waals surface area (Å²) in [6.45, 7) is 9.19. The molecular weight excluding hydrogens is 433 g/mol. The van der Waals surface area contributed by atoms with E-state index in [1.807, 2.05) is 13.8 Å². The van der Waals surface area contributed by atoms with E-state index in [0.29, 0.717) is 30.0 Å². The van der Waals surface area contributed by atoms with Crippen LogP contribution in [0.4, 0.5) is 10.1 Å². The third kappa shape index (κ3) is 4.71. The Kier molecular flexibility index (Phi) is 6.76.